The van der Waals surface area contributed by atoms with E-state index in [1.165, 1.54) is 12.1 Å². The highest BCUT2D eigenvalue weighted by Crippen LogP contribution is 2.21. The van der Waals surface area contributed by atoms with Gasteiger partial charge in [0, 0.05) is 23.6 Å². The number of aryl methyl sites for hydroxylation is 1. The van der Waals surface area contributed by atoms with Gasteiger partial charge in [0.05, 0.1) is 6.10 Å². The Balaban J connectivity index is 2.57. The maximum Gasteiger partial charge on any atom is 0.123 e. The van der Waals surface area contributed by atoms with Gasteiger partial charge in [0.25, 0.3) is 0 Å². The number of aromatic nitrogens is 1. The minimum absolute atomic E-state index is 0.222. The minimum atomic E-state index is -0.398. The van der Waals surface area contributed by atoms with Crippen molar-refractivity contribution in [2.45, 2.75) is 26.5 Å². The highest BCUT2D eigenvalue weighted by atomic mass is 19.1. The van der Waals surface area contributed by atoms with Crippen molar-refractivity contribution < 1.29 is 9.50 Å². The van der Waals surface area contributed by atoms with Gasteiger partial charge in [0.15, 0.2) is 0 Å². The lowest BCUT2D eigenvalue weighted by Crippen LogP contribution is -2.10. The van der Waals surface area contributed by atoms with Gasteiger partial charge in [-0.15, -0.1) is 0 Å². The molecule has 0 aliphatic rings. The summed E-state index contributed by atoms with van der Waals surface area (Å²) in [7, 11) is 0. The Hall–Kier alpha value is -1.35. The first-order valence-corrected chi connectivity index (χ1v) is 5.01. The van der Waals surface area contributed by atoms with Crippen LogP contribution >= 0.6 is 0 Å². The second-order valence-corrected chi connectivity index (χ2v) is 3.97. The van der Waals surface area contributed by atoms with Crippen molar-refractivity contribution >= 4 is 10.9 Å². The summed E-state index contributed by atoms with van der Waals surface area (Å²) in [6.07, 6.45) is 1.54. The third-order valence-corrected chi connectivity index (χ3v) is 2.50. The van der Waals surface area contributed by atoms with Crippen LogP contribution in [-0.4, -0.2) is 15.8 Å². The molecule has 0 radical (unpaired) electrons. The van der Waals surface area contributed by atoms with Gasteiger partial charge in [-0.2, -0.15) is 0 Å². The summed E-state index contributed by atoms with van der Waals surface area (Å²) < 4.78 is 15.0. The van der Waals surface area contributed by atoms with Gasteiger partial charge in [-0.3, -0.25) is 0 Å². The first kappa shape index (κ1) is 10.2. The molecule has 1 heterocycles. The first-order valence-electron chi connectivity index (χ1n) is 5.01. The van der Waals surface area contributed by atoms with Crippen LogP contribution in [0.3, 0.4) is 0 Å². The van der Waals surface area contributed by atoms with Crippen molar-refractivity contribution in [2.75, 3.05) is 0 Å². The summed E-state index contributed by atoms with van der Waals surface area (Å²) in [4.78, 5) is 0. The van der Waals surface area contributed by atoms with Crippen LogP contribution in [0, 0.1) is 12.7 Å². The zero-order valence-electron chi connectivity index (χ0n) is 8.87. The number of benzene rings is 1. The Bertz CT molecular complexity index is 488. The van der Waals surface area contributed by atoms with Crippen molar-refractivity contribution in [3.8, 4) is 0 Å². The molecule has 0 saturated carbocycles. The Labute approximate surface area is 88.0 Å². The van der Waals surface area contributed by atoms with Gasteiger partial charge >= 0.3 is 0 Å². The molecule has 0 saturated heterocycles. The van der Waals surface area contributed by atoms with Crippen LogP contribution < -0.4 is 0 Å². The maximum atomic E-state index is 13.0. The van der Waals surface area contributed by atoms with Crippen LogP contribution in [0.25, 0.3) is 10.9 Å². The largest absolute Gasteiger partial charge is 0.392 e. The Morgan fingerprint density at radius 1 is 1.47 bits per heavy atom. The van der Waals surface area contributed by atoms with Crippen molar-refractivity contribution in [2.24, 2.45) is 0 Å². The van der Waals surface area contributed by atoms with Gasteiger partial charge in [-0.1, -0.05) is 0 Å². The number of hydrogen-bond donors (Lipinski definition) is 1. The van der Waals surface area contributed by atoms with E-state index in [0.29, 0.717) is 6.54 Å². The molecule has 1 unspecified atom stereocenters. The highest BCUT2D eigenvalue weighted by molar-refractivity contribution is 5.83. The van der Waals surface area contributed by atoms with Crippen molar-refractivity contribution in [1.82, 2.24) is 4.57 Å². The average Bonchev–Trinajstić information content (AvgIpc) is 2.42. The van der Waals surface area contributed by atoms with Gasteiger partial charge in [0.2, 0.25) is 0 Å². The van der Waals surface area contributed by atoms with Crippen LogP contribution in [0.1, 0.15) is 12.5 Å². The molecule has 3 heteroatoms. The predicted octanol–water partition coefficient (Wildman–Crippen LogP) is 2.47. The molecule has 0 aliphatic heterocycles. The fourth-order valence-corrected chi connectivity index (χ4v) is 1.88. The van der Waals surface area contributed by atoms with E-state index in [-0.39, 0.29) is 5.82 Å². The Morgan fingerprint density at radius 2 is 2.20 bits per heavy atom. The summed E-state index contributed by atoms with van der Waals surface area (Å²) >= 11 is 0. The Kier molecular flexibility index (Phi) is 2.49. The number of rotatable bonds is 2. The average molecular weight is 207 g/mol. The van der Waals surface area contributed by atoms with Crippen LogP contribution in [0.5, 0.6) is 0 Å². The number of fused-ring (bicyclic) bond motifs is 1. The standard InChI is InChI=1S/C12H14FNO/c1-8-6-14(7-9(2)15)12-4-3-10(13)5-11(8)12/h3-6,9,15H,7H2,1-2H3. The summed E-state index contributed by atoms with van der Waals surface area (Å²) in [5.41, 5.74) is 2.00. The topological polar surface area (TPSA) is 25.2 Å². The lowest BCUT2D eigenvalue weighted by atomic mass is 10.2. The van der Waals surface area contributed by atoms with Gasteiger partial charge < -0.3 is 9.67 Å². The van der Waals surface area contributed by atoms with Crippen LogP contribution in [0.15, 0.2) is 24.4 Å². The van der Waals surface area contributed by atoms with Crippen LogP contribution in [-0.2, 0) is 6.54 Å². The first-order chi connectivity index (χ1) is 7.08. The third-order valence-electron chi connectivity index (χ3n) is 2.50. The molecule has 2 aromatic rings. The Morgan fingerprint density at radius 3 is 2.87 bits per heavy atom. The van der Waals surface area contributed by atoms with E-state index in [2.05, 4.69) is 0 Å². The van der Waals surface area contributed by atoms with Crippen molar-refractivity contribution in [3.63, 3.8) is 0 Å². The smallest absolute Gasteiger partial charge is 0.123 e. The molecule has 80 valence electrons. The van der Waals surface area contributed by atoms with E-state index in [0.717, 1.165) is 16.5 Å². The lowest BCUT2D eigenvalue weighted by Gasteiger charge is -2.07. The second-order valence-electron chi connectivity index (χ2n) is 3.97. The van der Waals surface area contributed by atoms with Gasteiger partial charge in [0.1, 0.15) is 5.82 Å². The number of nitrogens with zero attached hydrogens (tertiary/aromatic N) is 1. The summed E-state index contributed by atoms with van der Waals surface area (Å²) in [5.74, 6) is -0.222. The third kappa shape index (κ3) is 1.88. The maximum absolute atomic E-state index is 13.0. The van der Waals surface area contributed by atoms with E-state index < -0.39 is 6.10 Å². The molecule has 2 nitrogen and oxygen atoms in total. The number of aliphatic hydroxyl groups excluding tert-OH is 1. The van der Waals surface area contributed by atoms with E-state index in [1.54, 1.807) is 13.0 Å². The fraction of sp³-hybridized carbons (Fsp3) is 0.333. The number of aliphatic hydroxyl groups is 1. The molecule has 0 amide bonds. The number of halogens is 1. The summed E-state index contributed by atoms with van der Waals surface area (Å²) in [6, 6.07) is 4.73. The van der Waals surface area contributed by atoms with Gasteiger partial charge in [-0.05, 0) is 37.6 Å². The highest BCUT2D eigenvalue weighted by Gasteiger charge is 2.07. The van der Waals surface area contributed by atoms with Crippen molar-refractivity contribution in [3.05, 3.63) is 35.8 Å². The molecule has 15 heavy (non-hydrogen) atoms. The molecule has 0 fully saturated rings. The molecule has 1 N–H and O–H groups in total. The lowest BCUT2D eigenvalue weighted by molar-refractivity contribution is 0.175. The molecule has 0 aliphatic carbocycles. The number of hydrogen-bond acceptors (Lipinski definition) is 1. The minimum Gasteiger partial charge on any atom is -0.392 e. The molecule has 0 spiro atoms. The van der Waals surface area contributed by atoms with Crippen LogP contribution in [0.2, 0.25) is 0 Å². The van der Waals surface area contributed by atoms with Crippen LogP contribution in [0.4, 0.5) is 4.39 Å². The van der Waals surface area contributed by atoms with E-state index >= 15 is 0 Å². The predicted molar refractivity (Wildman–Crippen MR) is 58.3 cm³/mol. The second kappa shape index (κ2) is 3.66. The monoisotopic (exact) mass is 207 g/mol. The fourth-order valence-electron chi connectivity index (χ4n) is 1.88. The summed E-state index contributed by atoms with van der Waals surface area (Å²) in [5, 5.41) is 10.2. The molecule has 0 bridgehead atoms. The van der Waals surface area contributed by atoms with Crippen molar-refractivity contribution in [1.29, 1.82) is 0 Å². The molecular formula is C12H14FNO. The molecule has 1 aromatic heterocycles. The molecular weight excluding hydrogens is 193 g/mol. The normalized spacial score (nSPS) is 13.3. The zero-order valence-corrected chi connectivity index (χ0v) is 8.87. The van der Waals surface area contributed by atoms with E-state index in [1.807, 2.05) is 17.7 Å². The van der Waals surface area contributed by atoms with E-state index in [9.17, 15) is 9.50 Å². The quantitative estimate of drug-likeness (QED) is 0.804. The molecule has 1 aromatic carbocycles. The molecule has 2 rings (SSSR count). The van der Waals surface area contributed by atoms with E-state index in [4.69, 9.17) is 0 Å². The summed E-state index contributed by atoms with van der Waals surface area (Å²) in [6.45, 7) is 4.22. The van der Waals surface area contributed by atoms with Gasteiger partial charge in [-0.25, -0.2) is 4.39 Å². The zero-order chi connectivity index (χ0) is 11.0. The SMILES string of the molecule is Cc1cn(CC(C)O)c2ccc(F)cc12. The molecule has 1 atom stereocenters.